The SMILES string of the molecule is COc1ccc(C(OC[C@H]2O[C@@H](C#Cc3cn(C)c(=O)[nH]c3=O)C[C@@H]2O)(c2ccccc2)c2ccc(OC)cc2)cc1. The predicted molar refractivity (Wildman–Crippen MR) is 157 cm³/mol. The standard InChI is InChI=1S/C33H32N2O7/c1-35-20-22(31(37)34-32(35)38)9-14-28-19-29(36)30(42-28)21-41-33(23-7-5-4-6-8-23,24-10-15-26(39-2)16-11-24)25-12-17-27(40-3)18-13-25/h4-8,10-13,15-18,20,28-30,36H,19,21H2,1-3H3,(H,34,37,38)/t28-,29-,30+/m0/s1. The lowest BCUT2D eigenvalue weighted by molar-refractivity contribution is -0.0759. The molecule has 0 saturated carbocycles. The highest BCUT2D eigenvalue weighted by molar-refractivity contribution is 5.49. The molecule has 1 aliphatic heterocycles. The highest BCUT2D eigenvalue weighted by Gasteiger charge is 2.41. The molecule has 216 valence electrons. The summed E-state index contributed by atoms with van der Waals surface area (Å²) in [6.45, 7) is 0.0483. The summed E-state index contributed by atoms with van der Waals surface area (Å²) in [5.74, 6) is 7.12. The van der Waals surface area contributed by atoms with Crippen molar-refractivity contribution in [3.05, 3.63) is 128 Å². The molecule has 5 rings (SSSR count). The average molecular weight is 569 g/mol. The molecule has 0 radical (unpaired) electrons. The van der Waals surface area contributed by atoms with Crippen LogP contribution in [0.5, 0.6) is 11.5 Å². The maximum Gasteiger partial charge on any atom is 0.328 e. The fourth-order valence-corrected chi connectivity index (χ4v) is 5.06. The van der Waals surface area contributed by atoms with E-state index in [1.165, 1.54) is 17.8 Å². The van der Waals surface area contributed by atoms with Crippen LogP contribution in [0.4, 0.5) is 0 Å². The van der Waals surface area contributed by atoms with E-state index >= 15 is 0 Å². The largest absolute Gasteiger partial charge is 0.497 e. The molecule has 9 heteroatoms. The number of hydrogen-bond acceptors (Lipinski definition) is 7. The summed E-state index contributed by atoms with van der Waals surface area (Å²) < 4.78 is 25.0. The molecule has 0 bridgehead atoms. The van der Waals surface area contributed by atoms with Crippen LogP contribution in [0.3, 0.4) is 0 Å². The molecule has 2 N–H and O–H groups in total. The van der Waals surface area contributed by atoms with Gasteiger partial charge >= 0.3 is 5.69 Å². The maximum atomic E-state index is 12.1. The molecule has 1 aromatic heterocycles. The highest BCUT2D eigenvalue weighted by Crippen LogP contribution is 2.42. The Bertz CT molecular complexity index is 1640. The van der Waals surface area contributed by atoms with E-state index in [2.05, 4.69) is 16.8 Å². The summed E-state index contributed by atoms with van der Waals surface area (Å²) >= 11 is 0. The minimum absolute atomic E-state index is 0.0483. The van der Waals surface area contributed by atoms with Crippen molar-refractivity contribution in [1.29, 1.82) is 0 Å². The number of ether oxygens (including phenoxy) is 4. The summed E-state index contributed by atoms with van der Waals surface area (Å²) in [6, 6.07) is 25.2. The van der Waals surface area contributed by atoms with Crippen LogP contribution in [0.2, 0.25) is 0 Å². The molecule has 1 fully saturated rings. The van der Waals surface area contributed by atoms with E-state index in [1.807, 2.05) is 78.9 Å². The third kappa shape index (κ3) is 5.87. The first kappa shape index (κ1) is 28.9. The topological polar surface area (TPSA) is 112 Å². The Morgan fingerprint density at radius 2 is 1.50 bits per heavy atom. The first-order chi connectivity index (χ1) is 20.3. The zero-order valence-electron chi connectivity index (χ0n) is 23.6. The number of hydrogen-bond donors (Lipinski definition) is 2. The number of methoxy groups -OCH3 is 2. The number of aromatic amines is 1. The van der Waals surface area contributed by atoms with Crippen molar-refractivity contribution in [3.8, 4) is 23.3 Å². The van der Waals surface area contributed by atoms with Crippen LogP contribution in [0.1, 0.15) is 28.7 Å². The number of H-pyrrole nitrogens is 1. The molecule has 2 heterocycles. The summed E-state index contributed by atoms with van der Waals surface area (Å²) in [5, 5.41) is 10.9. The van der Waals surface area contributed by atoms with Crippen molar-refractivity contribution in [2.75, 3.05) is 20.8 Å². The first-order valence-corrected chi connectivity index (χ1v) is 13.5. The third-order valence-corrected chi connectivity index (χ3v) is 7.34. The molecule has 9 nitrogen and oxygen atoms in total. The molecule has 1 saturated heterocycles. The van der Waals surface area contributed by atoms with Gasteiger partial charge in [0.25, 0.3) is 5.56 Å². The lowest BCUT2D eigenvalue weighted by atomic mass is 9.80. The van der Waals surface area contributed by atoms with Crippen molar-refractivity contribution in [1.82, 2.24) is 9.55 Å². The Balaban J connectivity index is 1.48. The van der Waals surface area contributed by atoms with Crippen LogP contribution >= 0.6 is 0 Å². The smallest absolute Gasteiger partial charge is 0.328 e. The van der Waals surface area contributed by atoms with E-state index < -0.39 is 35.2 Å². The quantitative estimate of drug-likeness (QED) is 0.248. The maximum absolute atomic E-state index is 12.1. The van der Waals surface area contributed by atoms with Crippen molar-refractivity contribution in [2.24, 2.45) is 7.05 Å². The van der Waals surface area contributed by atoms with Gasteiger partial charge < -0.3 is 28.6 Å². The van der Waals surface area contributed by atoms with Gasteiger partial charge in [-0.1, -0.05) is 66.4 Å². The van der Waals surface area contributed by atoms with Crippen LogP contribution in [-0.4, -0.2) is 53.8 Å². The van der Waals surface area contributed by atoms with E-state index in [1.54, 1.807) is 14.2 Å². The van der Waals surface area contributed by atoms with Gasteiger partial charge in [0.1, 0.15) is 34.9 Å². The Morgan fingerprint density at radius 1 is 0.929 bits per heavy atom. The monoisotopic (exact) mass is 568 g/mol. The molecular weight excluding hydrogens is 536 g/mol. The van der Waals surface area contributed by atoms with E-state index in [9.17, 15) is 14.7 Å². The van der Waals surface area contributed by atoms with Gasteiger partial charge in [-0.25, -0.2) is 4.79 Å². The van der Waals surface area contributed by atoms with Crippen LogP contribution in [-0.2, 0) is 22.1 Å². The van der Waals surface area contributed by atoms with Gasteiger partial charge in [0.2, 0.25) is 0 Å². The number of aromatic nitrogens is 2. The lowest BCUT2D eigenvalue weighted by Gasteiger charge is -2.37. The Morgan fingerprint density at radius 3 is 2.07 bits per heavy atom. The van der Waals surface area contributed by atoms with E-state index in [0.717, 1.165) is 16.7 Å². The van der Waals surface area contributed by atoms with Gasteiger partial charge in [0.05, 0.1) is 26.9 Å². The predicted octanol–water partition coefficient (Wildman–Crippen LogP) is 2.97. The summed E-state index contributed by atoms with van der Waals surface area (Å²) in [6.07, 6.45) is -0.532. The molecule has 0 amide bonds. The molecule has 3 aromatic carbocycles. The van der Waals surface area contributed by atoms with Gasteiger partial charge in [-0.3, -0.25) is 9.78 Å². The van der Waals surface area contributed by atoms with Crippen molar-refractivity contribution in [3.63, 3.8) is 0 Å². The van der Waals surface area contributed by atoms with E-state index in [0.29, 0.717) is 11.5 Å². The van der Waals surface area contributed by atoms with Gasteiger partial charge in [-0.05, 0) is 41.0 Å². The molecule has 1 aliphatic rings. The first-order valence-electron chi connectivity index (χ1n) is 13.5. The van der Waals surface area contributed by atoms with Gasteiger partial charge in [0, 0.05) is 19.7 Å². The highest BCUT2D eigenvalue weighted by atomic mass is 16.6. The fourth-order valence-electron chi connectivity index (χ4n) is 5.06. The average Bonchev–Trinajstić information content (AvgIpc) is 3.38. The number of benzene rings is 3. The zero-order valence-corrected chi connectivity index (χ0v) is 23.6. The molecule has 0 spiro atoms. The van der Waals surface area contributed by atoms with Gasteiger partial charge in [-0.15, -0.1) is 0 Å². The summed E-state index contributed by atoms with van der Waals surface area (Å²) in [4.78, 5) is 26.0. The van der Waals surface area contributed by atoms with Crippen molar-refractivity contribution in [2.45, 2.75) is 30.3 Å². The number of aryl methyl sites for hydroxylation is 1. The van der Waals surface area contributed by atoms with E-state index in [-0.39, 0.29) is 18.6 Å². The van der Waals surface area contributed by atoms with Crippen LogP contribution in [0.25, 0.3) is 0 Å². The molecule has 0 unspecified atom stereocenters. The second-order valence-electron chi connectivity index (χ2n) is 9.96. The number of nitrogens with one attached hydrogen (secondary N) is 1. The number of aliphatic hydroxyl groups is 1. The second kappa shape index (κ2) is 12.5. The zero-order chi connectivity index (χ0) is 29.7. The van der Waals surface area contributed by atoms with Crippen LogP contribution in [0.15, 0.2) is 94.6 Å². The summed E-state index contributed by atoms with van der Waals surface area (Å²) in [7, 11) is 4.76. The Labute approximate surface area is 243 Å². The molecule has 3 atom stereocenters. The van der Waals surface area contributed by atoms with Crippen LogP contribution in [0, 0.1) is 11.8 Å². The normalized spacial score (nSPS) is 18.2. The van der Waals surface area contributed by atoms with E-state index in [4.69, 9.17) is 18.9 Å². The molecule has 4 aromatic rings. The molecule has 0 aliphatic carbocycles. The minimum atomic E-state index is -1.06. The Hall–Kier alpha value is -4.62. The number of nitrogens with zero attached hydrogens (tertiary/aromatic N) is 1. The van der Waals surface area contributed by atoms with Crippen molar-refractivity contribution >= 4 is 0 Å². The fraction of sp³-hybridized carbons (Fsp3) is 0.273. The van der Waals surface area contributed by atoms with Crippen molar-refractivity contribution < 1.29 is 24.1 Å². The van der Waals surface area contributed by atoms with Crippen LogP contribution < -0.4 is 20.7 Å². The molecule has 42 heavy (non-hydrogen) atoms. The van der Waals surface area contributed by atoms with Gasteiger partial charge in [0.15, 0.2) is 0 Å². The molecular formula is C33H32N2O7. The van der Waals surface area contributed by atoms with Gasteiger partial charge in [-0.2, -0.15) is 0 Å². The second-order valence-corrected chi connectivity index (χ2v) is 9.96. The summed E-state index contributed by atoms with van der Waals surface area (Å²) in [5.41, 5.74) is 0.584. The number of aliphatic hydroxyl groups excluding tert-OH is 1. The minimum Gasteiger partial charge on any atom is -0.497 e. The lowest BCUT2D eigenvalue weighted by Crippen LogP contribution is -2.38. The third-order valence-electron chi connectivity index (χ3n) is 7.34. The Kier molecular flexibility index (Phi) is 8.59. The number of rotatable bonds is 8.